The molecule has 1 unspecified atom stereocenters. The van der Waals surface area contributed by atoms with Crippen molar-refractivity contribution in [1.82, 2.24) is 24.5 Å². The number of likely N-dealkylation sites (tertiary alicyclic amines) is 1. The number of hydrogen-bond donors (Lipinski definition) is 0. The second-order valence-electron chi connectivity index (χ2n) is 7.31. The van der Waals surface area contributed by atoms with E-state index in [-0.39, 0.29) is 17.4 Å². The monoisotopic (exact) mass is 359 g/mol. The van der Waals surface area contributed by atoms with Gasteiger partial charge in [0.25, 0.3) is 5.91 Å². The lowest BCUT2D eigenvalue weighted by molar-refractivity contribution is -0.130. The maximum atomic E-state index is 12.9. The lowest BCUT2D eigenvalue weighted by Crippen LogP contribution is -2.62. The van der Waals surface area contributed by atoms with Crippen molar-refractivity contribution in [3.63, 3.8) is 0 Å². The molecular formula is C19H29N5O2. The van der Waals surface area contributed by atoms with Gasteiger partial charge in [-0.15, -0.1) is 6.58 Å². The summed E-state index contributed by atoms with van der Waals surface area (Å²) < 4.78 is 1.77. The Bertz CT molecular complexity index is 685. The van der Waals surface area contributed by atoms with Crippen molar-refractivity contribution in [1.29, 1.82) is 0 Å². The lowest BCUT2D eigenvalue weighted by atomic mass is 9.86. The molecule has 2 aliphatic rings. The van der Waals surface area contributed by atoms with Crippen LogP contribution in [0.5, 0.6) is 0 Å². The summed E-state index contributed by atoms with van der Waals surface area (Å²) in [4.78, 5) is 31.4. The topological polar surface area (TPSA) is 61.7 Å². The average molecular weight is 359 g/mol. The van der Waals surface area contributed by atoms with Crippen LogP contribution in [0.15, 0.2) is 24.9 Å². The molecule has 1 aromatic heterocycles. The number of aryl methyl sites for hydroxylation is 1. The van der Waals surface area contributed by atoms with Crippen molar-refractivity contribution in [3.8, 4) is 0 Å². The van der Waals surface area contributed by atoms with Crippen molar-refractivity contribution in [2.24, 2.45) is 0 Å². The molecule has 0 aliphatic carbocycles. The third kappa shape index (κ3) is 3.53. The molecule has 2 saturated heterocycles. The van der Waals surface area contributed by atoms with Gasteiger partial charge in [0.2, 0.25) is 5.91 Å². The van der Waals surface area contributed by atoms with Crippen LogP contribution >= 0.6 is 0 Å². The number of rotatable bonds is 4. The standard InChI is InChI=1S/C19H29N5O2/c1-4-10-22-12-9-19(8-6-17(22)25)15-23(14-13-21(19)3)18(26)16-7-11-24(5-2)20-16/h4,7,11H,1,5-6,8-10,12-15H2,2-3H3. The van der Waals surface area contributed by atoms with Gasteiger partial charge < -0.3 is 9.80 Å². The Kier molecular flexibility index (Phi) is 5.46. The van der Waals surface area contributed by atoms with Crippen LogP contribution < -0.4 is 0 Å². The van der Waals surface area contributed by atoms with Gasteiger partial charge in [0.15, 0.2) is 0 Å². The molecule has 142 valence electrons. The van der Waals surface area contributed by atoms with E-state index < -0.39 is 0 Å². The zero-order valence-corrected chi connectivity index (χ0v) is 15.9. The van der Waals surface area contributed by atoms with Gasteiger partial charge in [-0.05, 0) is 32.9 Å². The van der Waals surface area contributed by atoms with E-state index in [2.05, 4.69) is 23.6 Å². The minimum absolute atomic E-state index is 0.0109. The highest BCUT2D eigenvalue weighted by Gasteiger charge is 2.43. The number of hydrogen-bond acceptors (Lipinski definition) is 4. The van der Waals surface area contributed by atoms with Crippen LogP contribution in [0.25, 0.3) is 0 Å². The Morgan fingerprint density at radius 3 is 2.85 bits per heavy atom. The summed E-state index contributed by atoms with van der Waals surface area (Å²) in [6.07, 6.45) is 5.79. The van der Waals surface area contributed by atoms with Crippen LogP contribution in [0.1, 0.15) is 36.7 Å². The molecule has 3 heterocycles. The minimum Gasteiger partial charge on any atom is -0.339 e. The van der Waals surface area contributed by atoms with Crippen LogP contribution in [-0.2, 0) is 11.3 Å². The second kappa shape index (κ2) is 7.61. The highest BCUT2D eigenvalue weighted by molar-refractivity contribution is 5.92. The van der Waals surface area contributed by atoms with E-state index in [0.717, 1.165) is 25.9 Å². The predicted molar refractivity (Wildman–Crippen MR) is 99.8 cm³/mol. The van der Waals surface area contributed by atoms with E-state index >= 15 is 0 Å². The van der Waals surface area contributed by atoms with E-state index in [1.165, 1.54) is 0 Å². The van der Waals surface area contributed by atoms with Crippen LogP contribution in [0.4, 0.5) is 0 Å². The zero-order chi connectivity index (χ0) is 18.7. The SMILES string of the molecule is C=CCN1CCC2(CCC1=O)CN(C(=O)c1ccn(CC)n1)CCN2C. The van der Waals surface area contributed by atoms with E-state index in [0.29, 0.717) is 38.3 Å². The summed E-state index contributed by atoms with van der Waals surface area (Å²) in [6.45, 7) is 9.97. The summed E-state index contributed by atoms with van der Waals surface area (Å²) in [7, 11) is 2.11. The van der Waals surface area contributed by atoms with Gasteiger partial charge in [0.05, 0.1) is 0 Å². The first kappa shape index (κ1) is 18.6. The third-order valence-electron chi connectivity index (χ3n) is 5.82. The van der Waals surface area contributed by atoms with Crippen LogP contribution in [0.3, 0.4) is 0 Å². The van der Waals surface area contributed by atoms with Crippen molar-refractivity contribution < 1.29 is 9.59 Å². The number of carbonyl (C=O) groups is 2. The van der Waals surface area contributed by atoms with Gasteiger partial charge in [-0.2, -0.15) is 5.10 Å². The fourth-order valence-corrected chi connectivity index (χ4v) is 4.03. The highest BCUT2D eigenvalue weighted by atomic mass is 16.2. The van der Waals surface area contributed by atoms with E-state index in [4.69, 9.17) is 0 Å². The second-order valence-corrected chi connectivity index (χ2v) is 7.31. The quantitative estimate of drug-likeness (QED) is 0.759. The third-order valence-corrected chi connectivity index (χ3v) is 5.82. The largest absolute Gasteiger partial charge is 0.339 e. The molecule has 0 N–H and O–H groups in total. The molecule has 2 amide bonds. The van der Waals surface area contributed by atoms with Gasteiger partial charge >= 0.3 is 0 Å². The van der Waals surface area contributed by atoms with Gasteiger partial charge in [-0.25, -0.2) is 0 Å². The zero-order valence-electron chi connectivity index (χ0n) is 15.9. The average Bonchev–Trinajstić information content (AvgIpc) is 3.08. The Balaban J connectivity index is 1.76. The minimum atomic E-state index is -0.146. The van der Waals surface area contributed by atoms with E-state index in [1.807, 2.05) is 22.9 Å². The number of piperazine rings is 1. The maximum Gasteiger partial charge on any atom is 0.274 e. The normalized spacial score (nSPS) is 24.8. The van der Waals surface area contributed by atoms with Gasteiger partial charge in [-0.1, -0.05) is 6.08 Å². The number of carbonyl (C=O) groups excluding carboxylic acids is 2. The smallest absolute Gasteiger partial charge is 0.274 e. The molecule has 1 spiro atoms. The Hall–Kier alpha value is -2.15. The number of aromatic nitrogens is 2. The molecule has 26 heavy (non-hydrogen) atoms. The summed E-state index contributed by atoms with van der Waals surface area (Å²) in [5, 5.41) is 4.36. The van der Waals surface area contributed by atoms with Crippen LogP contribution in [0, 0.1) is 0 Å². The van der Waals surface area contributed by atoms with Gasteiger partial charge in [0, 0.05) is 57.4 Å². The summed E-state index contributed by atoms with van der Waals surface area (Å²) in [6, 6.07) is 1.79. The molecule has 0 radical (unpaired) electrons. The lowest BCUT2D eigenvalue weighted by Gasteiger charge is -2.49. The van der Waals surface area contributed by atoms with Crippen molar-refractivity contribution in [2.75, 3.05) is 39.8 Å². The number of nitrogens with zero attached hydrogens (tertiary/aromatic N) is 5. The highest BCUT2D eigenvalue weighted by Crippen LogP contribution is 2.32. The van der Waals surface area contributed by atoms with Crippen molar-refractivity contribution in [3.05, 3.63) is 30.6 Å². The molecule has 1 aromatic rings. The van der Waals surface area contributed by atoms with Crippen molar-refractivity contribution in [2.45, 2.75) is 38.3 Å². The fraction of sp³-hybridized carbons (Fsp3) is 0.632. The first-order chi connectivity index (χ1) is 12.5. The molecule has 2 fully saturated rings. The summed E-state index contributed by atoms with van der Waals surface area (Å²) in [5.41, 5.74) is 0.358. The predicted octanol–water partition coefficient (Wildman–Crippen LogP) is 1.23. The number of amides is 2. The Labute approximate surface area is 155 Å². The molecule has 0 aromatic carbocycles. The first-order valence-electron chi connectivity index (χ1n) is 9.42. The fourth-order valence-electron chi connectivity index (χ4n) is 4.03. The van der Waals surface area contributed by atoms with Gasteiger partial charge in [0.1, 0.15) is 5.69 Å². The summed E-state index contributed by atoms with van der Waals surface area (Å²) in [5.74, 6) is 0.170. The maximum absolute atomic E-state index is 12.9. The van der Waals surface area contributed by atoms with Crippen molar-refractivity contribution >= 4 is 11.8 Å². The van der Waals surface area contributed by atoms with Gasteiger partial charge in [-0.3, -0.25) is 19.2 Å². The van der Waals surface area contributed by atoms with E-state index in [1.54, 1.807) is 16.8 Å². The van der Waals surface area contributed by atoms with Crippen LogP contribution in [-0.4, -0.2) is 81.6 Å². The molecule has 0 saturated carbocycles. The molecule has 0 bridgehead atoms. The molecule has 1 atom stereocenters. The molecule has 3 rings (SSSR count). The van der Waals surface area contributed by atoms with Crippen LogP contribution in [0.2, 0.25) is 0 Å². The molecule has 7 nitrogen and oxygen atoms in total. The number of likely N-dealkylation sites (N-methyl/N-ethyl adjacent to an activating group) is 1. The Morgan fingerprint density at radius 2 is 2.15 bits per heavy atom. The molecule has 7 heteroatoms. The molecular weight excluding hydrogens is 330 g/mol. The first-order valence-corrected chi connectivity index (χ1v) is 9.42. The summed E-state index contributed by atoms with van der Waals surface area (Å²) >= 11 is 0. The van der Waals surface area contributed by atoms with E-state index in [9.17, 15) is 9.59 Å². The molecule has 2 aliphatic heterocycles. The Morgan fingerprint density at radius 1 is 1.35 bits per heavy atom.